The molecule has 0 aliphatic carbocycles. The van der Waals surface area contributed by atoms with E-state index >= 15 is 0 Å². The zero-order chi connectivity index (χ0) is 23.0. The van der Waals surface area contributed by atoms with Gasteiger partial charge in [0, 0.05) is 19.2 Å². The van der Waals surface area contributed by atoms with Crippen molar-refractivity contribution in [1.82, 2.24) is 10.7 Å². The lowest BCUT2D eigenvalue weighted by molar-refractivity contribution is -0.121. The van der Waals surface area contributed by atoms with Gasteiger partial charge in [0.15, 0.2) is 5.75 Å². The average molecular weight is 474 g/mol. The number of imide groups is 1. The molecule has 0 radical (unpaired) electrons. The highest BCUT2D eigenvalue weighted by atomic mass is 35.5. The van der Waals surface area contributed by atoms with Crippen molar-refractivity contribution in [3.8, 4) is 17.6 Å². The highest BCUT2D eigenvalue weighted by Gasteiger charge is 2.34. The van der Waals surface area contributed by atoms with Crippen LogP contribution in [0.25, 0.3) is 0 Å². The third-order valence-corrected chi connectivity index (χ3v) is 5.75. The Morgan fingerprint density at radius 3 is 2.53 bits per heavy atom. The molecule has 32 heavy (non-hydrogen) atoms. The van der Waals surface area contributed by atoms with Gasteiger partial charge in [-0.25, -0.2) is 10.2 Å². The van der Waals surface area contributed by atoms with E-state index in [9.17, 15) is 19.6 Å². The van der Waals surface area contributed by atoms with Gasteiger partial charge in [0.05, 0.1) is 21.8 Å². The van der Waals surface area contributed by atoms with Gasteiger partial charge in [0.1, 0.15) is 5.75 Å². The molecule has 2 N–H and O–H groups in total. The smallest absolute Gasteiger partial charge is 0.340 e. The summed E-state index contributed by atoms with van der Waals surface area (Å²) in [4.78, 5) is 37.3. The quantitative estimate of drug-likeness (QED) is 0.704. The van der Waals surface area contributed by atoms with Gasteiger partial charge >= 0.3 is 6.03 Å². The van der Waals surface area contributed by atoms with Gasteiger partial charge in [-0.3, -0.25) is 19.9 Å². The number of carbonyl (C=O) groups is 3. The van der Waals surface area contributed by atoms with Crippen LogP contribution in [0.4, 0.5) is 16.2 Å². The number of aryl methyl sites for hydroxylation is 1. The van der Waals surface area contributed by atoms with Gasteiger partial charge in [0.25, 0.3) is 5.91 Å². The van der Waals surface area contributed by atoms with Crippen LogP contribution in [0.15, 0.2) is 30.3 Å². The lowest BCUT2D eigenvalue weighted by atomic mass is 10.1. The normalized spacial score (nSPS) is 18.3. The second-order valence-electron chi connectivity index (χ2n) is 7.27. The van der Waals surface area contributed by atoms with Gasteiger partial charge in [-0.15, -0.1) is 0 Å². The highest BCUT2D eigenvalue weighted by molar-refractivity contribution is 6.37. The Balaban J connectivity index is 1.63. The molecule has 1 saturated heterocycles. The molecule has 0 saturated carbocycles. The number of carbonyl (C=O) groups excluding carboxylic acids is 3. The van der Waals surface area contributed by atoms with Gasteiger partial charge in [0.2, 0.25) is 11.9 Å². The number of ether oxygens (including phenoxy) is 1. The maximum absolute atomic E-state index is 12.1. The van der Waals surface area contributed by atoms with Crippen LogP contribution in [0.2, 0.25) is 10.0 Å². The predicted molar refractivity (Wildman–Crippen MR) is 118 cm³/mol. The number of fused-ring (bicyclic) bond motifs is 1. The van der Waals surface area contributed by atoms with Crippen molar-refractivity contribution < 1.29 is 19.1 Å². The zero-order valence-electron chi connectivity index (χ0n) is 16.8. The molecule has 0 aromatic heterocycles. The fraction of sp³-hybridized carbons (Fsp3) is 0.238. The van der Waals surface area contributed by atoms with Crippen molar-refractivity contribution >= 4 is 52.4 Å². The first-order chi connectivity index (χ1) is 15.3. The molecule has 1 unspecified atom stereocenters. The molecule has 1 fully saturated rings. The monoisotopic (exact) mass is 473 g/mol. The fourth-order valence-electron chi connectivity index (χ4n) is 3.62. The Bertz CT molecular complexity index is 1160. The van der Waals surface area contributed by atoms with E-state index in [1.807, 2.05) is 23.5 Å². The molecule has 2 aliphatic heterocycles. The first kappa shape index (κ1) is 21.7. The van der Waals surface area contributed by atoms with Crippen molar-refractivity contribution in [3.05, 3.63) is 45.9 Å². The number of hydrogen-bond acceptors (Lipinski definition) is 6. The first-order valence-corrected chi connectivity index (χ1v) is 10.4. The number of benzene rings is 2. The van der Waals surface area contributed by atoms with Crippen LogP contribution < -0.4 is 25.4 Å². The largest absolute Gasteiger partial charge is 0.454 e. The molecule has 2 aromatic carbocycles. The summed E-state index contributed by atoms with van der Waals surface area (Å²) in [6.45, 7) is 0. The Hall–Kier alpha value is -3.48. The fourth-order valence-corrected chi connectivity index (χ4v) is 4.17. The number of nitrogens with one attached hydrogen (secondary N) is 2. The summed E-state index contributed by atoms with van der Waals surface area (Å²) in [6, 6.07) is 7.97. The third kappa shape index (κ3) is 4.02. The van der Waals surface area contributed by atoms with E-state index in [-0.39, 0.29) is 27.4 Å². The Labute approximate surface area is 193 Å². The number of amides is 4. The van der Waals surface area contributed by atoms with E-state index < -0.39 is 18.0 Å². The number of nitriles is 1. The molecule has 2 aromatic rings. The van der Waals surface area contributed by atoms with Crippen molar-refractivity contribution in [2.24, 2.45) is 0 Å². The predicted octanol–water partition coefficient (Wildman–Crippen LogP) is 3.54. The number of anilines is 2. The molecule has 11 heteroatoms. The summed E-state index contributed by atoms with van der Waals surface area (Å²) in [5, 5.41) is 12.6. The van der Waals surface area contributed by atoms with Crippen LogP contribution in [0, 0.1) is 11.3 Å². The summed E-state index contributed by atoms with van der Waals surface area (Å²) in [5.74, 6) is -0.0366. The lowest BCUT2D eigenvalue weighted by Gasteiger charge is -2.32. The van der Waals surface area contributed by atoms with E-state index in [4.69, 9.17) is 27.9 Å². The molecule has 2 aliphatic rings. The Morgan fingerprint density at radius 2 is 1.84 bits per heavy atom. The van der Waals surface area contributed by atoms with Crippen LogP contribution in [0.5, 0.6) is 11.5 Å². The summed E-state index contributed by atoms with van der Waals surface area (Å²) < 4.78 is 5.93. The molecule has 164 valence electrons. The van der Waals surface area contributed by atoms with Crippen LogP contribution in [-0.2, 0) is 16.0 Å². The van der Waals surface area contributed by atoms with Crippen LogP contribution in [0.3, 0.4) is 0 Å². The summed E-state index contributed by atoms with van der Waals surface area (Å²) >= 11 is 12.8. The van der Waals surface area contributed by atoms with Gasteiger partial charge < -0.3 is 9.64 Å². The number of nitrogens with zero attached hydrogens (tertiary/aromatic N) is 3. The van der Waals surface area contributed by atoms with E-state index in [0.717, 1.165) is 29.1 Å². The number of hydrogen-bond donors (Lipinski definition) is 2. The van der Waals surface area contributed by atoms with Crippen molar-refractivity contribution in [3.63, 3.8) is 0 Å². The van der Waals surface area contributed by atoms with E-state index in [1.54, 1.807) is 18.0 Å². The number of rotatable bonds is 3. The average Bonchev–Trinajstić information content (AvgIpc) is 2.88. The Morgan fingerprint density at radius 1 is 1.12 bits per heavy atom. The summed E-state index contributed by atoms with van der Waals surface area (Å²) in [6.07, 6.45) is 1.95. The van der Waals surface area contributed by atoms with E-state index in [1.165, 1.54) is 12.1 Å². The van der Waals surface area contributed by atoms with Crippen LogP contribution in [0.1, 0.15) is 18.4 Å². The minimum atomic E-state index is -1.30. The van der Waals surface area contributed by atoms with E-state index in [2.05, 4.69) is 5.43 Å². The number of hydrazine groups is 1. The second kappa shape index (κ2) is 8.57. The standard InChI is InChI=1S/C21H17Cl2N5O4/c1-27-16-6-5-13(7-11(16)3-2-4-18(27)29)32-19-14(22)8-12(9-15(19)23)28-17(10-24)20(30)25-21(31)26-28/h5-9,17H,2-4H2,1H3,(H2,25,26,30,31). The minimum Gasteiger partial charge on any atom is -0.454 e. The second-order valence-corrected chi connectivity index (χ2v) is 8.08. The molecule has 0 spiro atoms. The van der Waals surface area contributed by atoms with Gasteiger partial charge in [-0.2, -0.15) is 5.26 Å². The number of halogens is 2. The first-order valence-electron chi connectivity index (χ1n) is 9.65. The lowest BCUT2D eigenvalue weighted by Crippen LogP contribution is -2.64. The molecule has 1 atom stereocenters. The SMILES string of the molecule is CN1C(=O)CCCc2cc(Oc3c(Cl)cc(N4NC(=O)NC(=O)C4C#N)cc3Cl)ccc21. The van der Waals surface area contributed by atoms with Crippen LogP contribution in [-0.4, -0.2) is 30.9 Å². The van der Waals surface area contributed by atoms with Gasteiger partial charge in [-0.05, 0) is 48.7 Å². The molecule has 0 bridgehead atoms. The molecule has 4 rings (SSSR count). The topological polar surface area (TPSA) is 115 Å². The maximum Gasteiger partial charge on any atom is 0.340 e. The van der Waals surface area contributed by atoms with E-state index in [0.29, 0.717) is 12.2 Å². The van der Waals surface area contributed by atoms with Crippen LogP contribution >= 0.6 is 23.2 Å². The molecular weight excluding hydrogens is 457 g/mol. The maximum atomic E-state index is 12.1. The Kier molecular flexibility index (Phi) is 5.82. The molecule has 2 heterocycles. The molecule has 4 amide bonds. The van der Waals surface area contributed by atoms with Gasteiger partial charge in [-0.1, -0.05) is 23.2 Å². The van der Waals surface area contributed by atoms with Crippen molar-refractivity contribution in [1.29, 1.82) is 5.26 Å². The highest BCUT2D eigenvalue weighted by Crippen LogP contribution is 2.41. The summed E-state index contributed by atoms with van der Waals surface area (Å²) in [7, 11) is 1.74. The molecule has 9 nitrogen and oxygen atoms in total. The minimum absolute atomic E-state index is 0.0632. The molecular formula is C21H17Cl2N5O4. The van der Waals surface area contributed by atoms with Crippen molar-refractivity contribution in [2.45, 2.75) is 25.3 Å². The summed E-state index contributed by atoms with van der Waals surface area (Å²) in [5.41, 5.74) is 4.42. The number of urea groups is 1. The zero-order valence-corrected chi connectivity index (χ0v) is 18.3. The van der Waals surface area contributed by atoms with Crippen molar-refractivity contribution in [2.75, 3.05) is 17.0 Å². The third-order valence-electron chi connectivity index (χ3n) is 5.19.